The van der Waals surface area contributed by atoms with Crippen LogP contribution in [0.1, 0.15) is 0 Å². The standard InChI is InChI=1S/C15H14N4O3S/c1-22-14-8-4-5-9-15(14)23(20,21)18-12-6-2-3-7-13(12)19-11-16-10-17-19/h2-11,18H,1H3. The van der Waals surface area contributed by atoms with Crippen LogP contribution in [0.2, 0.25) is 0 Å². The van der Waals surface area contributed by atoms with Gasteiger partial charge in [-0.25, -0.2) is 18.1 Å². The molecule has 0 aliphatic carbocycles. The molecule has 1 heterocycles. The number of benzene rings is 2. The van der Waals surface area contributed by atoms with Crippen LogP contribution < -0.4 is 9.46 Å². The Labute approximate surface area is 133 Å². The van der Waals surface area contributed by atoms with Crippen molar-refractivity contribution < 1.29 is 13.2 Å². The molecular formula is C15H14N4O3S. The number of nitrogens with zero attached hydrogens (tertiary/aromatic N) is 3. The molecule has 8 heteroatoms. The lowest BCUT2D eigenvalue weighted by molar-refractivity contribution is 0.403. The fourth-order valence-electron chi connectivity index (χ4n) is 2.13. The van der Waals surface area contributed by atoms with Crippen molar-refractivity contribution in [3.05, 3.63) is 61.2 Å². The van der Waals surface area contributed by atoms with Crippen molar-refractivity contribution in [1.82, 2.24) is 14.8 Å². The highest BCUT2D eigenvalue weighted by molar-refractivity contribution is 7.92. The molecule has 0 unspecified atom stereocenters. The van der Waals surface area contributed by atoms with Gasteiger partial charge in [0.2, 0.25) is 0 Å². The van der Waals surface area contributed by atoms with E-state index in [1.165, 1.54) is 30.5 Å². The molecule has 0 radical (unpaired) electrons. The Hall–Kier alpha value is -2.87. The lowest BCUT2D eigenvalue weighted by Gasteiger charge is -2.14. The molecule has 0 aliphatic rings. The van der Waals surface area contributed by atoms with Crippen LogP contribution in [0.3, 0.4) is 0 Å². The van der Waals surface area contributed by atoms with Crippen molar-refractivity contribution >= 4 is 15.7 Å². The molecule has 0 fully saturated rings. The fourth-order valence-corrected chi connectivity index (χ4v) is 3.38. The van der Waals surface area contributed by atoms with Gasteiger partial charge < -0.3 is 4.74 Å². The third kappa shape index (κ3) is 3.02. The number of methoxy groups -OCH3 is 1. The highest BCUT2D eigenvalue weighted by Crippen LogP contribution is 2.27. The van der Waals surface area contributed by atoms with E-state index in [0.29, 0.717) is 11.4 Å². The molecular weight excluding hydrogens is 316 g/mol. The van der Waals surface area contributed by atoms with E-state index in [-0.39, 0.29) is 10.6 Å². The highest BCUT2D eigenvalue weighted by Gasteiger charge is 2.20. The maximum atomic E-state index is 12.7. The second-order valence-electron chi connectivity index (χ2n) is 4.61. The monoisotopic (exact) mass is 330 g/mol. The van der Waals surface area contributed by atoms with Crippen LogP contribution in [-0.2, 0) is 10.0 Å². The van der Waals surface area contributed by atoms with Crippen molar-refractivity contribution in [3.63, 3.8) is 0 Å². The molecule has 2 aromatic carbocycles. The Kier molecular flexibility index (Phi) is 3.98. The van der Waals surface area contributed by atoms with Gasteiger partial charge in [0, 0.05) is 0 Å². The molecule has 1 N–H and O–H groups in total. The van der Waals surface area contributed by atoms with Gasteiger partial charge in [-0.3, -0.25) is 4.72 Å². The van der Waals surface area contributed by atoms with Crippen LogP contribution in [0.5, 0.6) is 5.75 Å². The molecule has 1 aromatic heterocycles. The number of para-hydroxylation sites is 3. The second kappa shape index (κ2) is 6.09. The van der Waals surface area contributed by atoms with Crippen molar-refractivity contribution in [2.75, 3.05) is 11.8 Å². The number of sulfonamides is 1. The minimum Gasteiger partial charge on any atom is -0.495 e. The summed E-state index contributed by atoms with van der Waals surface area (Å²) >= 11 is 0. The molecule has 3 rings (SSSR count). The Morgan fingerprint density at radius 2 is 1.83 bits per heavy atom. The summed E-state index contributed by atoms with van der Waals surface area (Å²) in [6.07, 6.45) is 2.88. The predicted octanol–water partition coefficient (Wildman–Crippen LogP) is 2.08. The Bertz CT molecular complexity index is 908. The van der Waals surface area contributed by atoms with Gasteiger partial charge in [-0.2, -0.15) is 5.10 Å². The molecule has 0 saturated heterocycles. The molecule has 0 atom stereocenters. The number of ether oxygens (including phenoxy) is 1. The van der Waals surface area contributed by atoms with E-state index in [9.17, 15) is 8.42 Å². The fraction of sp³-hybridized carbons (Fsp3) is 0.0667. The van der Waals surface area contributed by atoms with Crippen LogP contribution in [0, 0.1) is 0 Å². The van der Waals surface area contributed by atoms with Gasteiger partial charge in [-0.1, -0.05) is 24.3 Å². The first-order chi connectivity index (χ1) is 11.1. The van der Waals surface area contributed by atoms with Crippen molar-refractivity contribution in [3.8, 4) is 11.4 Å². The van der Waals surface area contributed by atoms with Crippen molar-refractivity contribution in [2.45, 2.75) is 4.90 Å². The van der Waals surface area contributed by atoms with Crippen LogP contribution in [0.4, 0.5) is 5.69 Å². The minimum atomic E-state index is -3.81. The van der Waals surface area contributed by atoms with E-state index in [1.807, 2.05) is 0 Å². The summed E-state index contributed by atoms with van der Waals surface area (Å²) in [5, 5.41) is 4.03. The third-order valence-corrected chi connectivity index (χ3v) is 4.58. The summed E-state index contributed by atoms with van der Waals surface area (Å²) < 4.78 is 34.5. The molecule has 0 spiro atoms. The predicted molar refractivity (Wildman–Crippen MR) is 85.2 cm³/mol. The van der Waals surface area contributed by atoms with Gasteiger partial charge in [0.05, 0.1) is 18.5 Å². The summed E-state index contributed by atoms with van der Waals surface area (Å²) in [6.45, 7) is 0. The average molecular weight is 330 g/mol. The van der Waals surface area contributed by atoms with Gasteiger partial charge in [0.15, 0.2) is 0 Å². The van der Waals surface area contributed by atoms with Gasteiger partial charge in [-0.05, 0) is 24.3 Å². The van der Waals surface area contributed by atoms with Gasteiger partial charge in [0.25, 0.3) is 10.0 Å². The number of anilines is 1. The first-order valence-electron chi connectivity index (χ1n) is 6.72. The van der Waals surface area contributed by atoms with Crippen LogP contribution in [0.15, 0.2) is 66.1 Å². The van der Waals surface area contributed by atoms with Crippen LogP contribution in [0.25, 0.3) is 5.69 Å². The largest absolute Gasteiger partial charge is 0.495 e. The van der Waals surface area contributed by atoms with Gasteiger partial charge in [-0.15, -0.1) is 0 Å². The highest BCUT2D eigenvalue weighted by atomic mass is 32.2. The first kappa shape index (κ1) is 15.0. The lowest BCUT2D eigenvalue weighted by Crippen LogP contribution is -2.15. The summed E-state index contributed by atoms with van der Waals surface area (Å²) in [7, 11) is -2.38. The molecule has 0 bridgehead atoms. The topological polar surface area (TPSA) is 86.1 Å². The Morgan fingerprint density at radius 3 is 2.57 bits per heavy atom. The van der Waals surface area contributed by atoms with E-state index in [4.69, 9.17) is 4.74 Å². The minimum absolute atomic E-state index is 0.0656. The molecule has 3 aromatic rings. The number of aromatic nitrogens is 3. The molecule has 118 valence electrons. The third-order valence-electron chi connectivity index (χ3n) is 3.17. The quantitative estimate of drug-likeness (QED) is 0.774. The number of rotatable bonds is 5. The number of nitrogens with one attached hydrogen (secondary N) is 1. The summed E-state index contributed by atoms with van der Waals surface area (Å²) in [6, 6.07) is 13.4. The van der Waals surface area contributed by atoms with Crippen molar-refractivity contribution in [1.29, 1.82) is 0 Å². The summed E-state index contributed by atoms with van der Waals surface area (Å²) in [5.74, 6) is 0.276. The van der Waals surface area contributed by atoms with Gasteiger partial charge >= 0.3 is 0 Å². The molecule has 23 heavy (non-hydrogen) atoms. The Balaban J connectivity index is 2.02. The Morgan fingerprint density at radius 1 is 1.09 bits per heavy atom. The normalized spacial score (nSPS) is 11.2. The average Bonchev–Trinajstić information content (AvgIpc) is 3.09. The maximum Gasteiger partial charge on any atom is 0.265 e. The van der Waals surface area contributed by atoms with E-state index >= 15 is 0 Å². The zero-order valence-corrected chi connectivity index (χ0v) is 13.1. The maximum absolute atomic E-state index is 12.7. The molecule has 0 saturated carbocycles. The zero-order valence-electron chi connectivity index (χ0n) is 12.2. The first-order valence-corrected chi connectivity index (χ1v) is 8.20. The number of hydrogen-bond donors (Lipinski definition) is 1. The zero-order chi connectivity index (χ0) is 16.3. The summed E-state index contributed by atoms with van der Waals surface area (Å²) in [5.41, 5.74) is 0.965. The SMILES string of the molecule is COc1ccccc1S(=O)(=O)Nc1ccccc1-n1cncn1. The number of hydrogen-bond acceptors (Lipinski definition) is 5. The van der Waals surface area contributed by atoms with Gasteiger partial charge in [0.1, 0.15) is 23.3 Å². The second-order valence-corrected chi connectivity index (χ2v) is 6.26. The van der Waals surface area contributed by atoms with Crippen LogP contribution >= 0.6 is 0 Å². The van der Waals surface area contributed by atoms with E-state index < -0.39 is 10.0 Å². The summed E-state index contributed by atoms with van der Waals surface area (Å²) in [4.78, 5) is 3.94. The molecule has 0 aliphatic heterocycles. The van der Waals surface area contributed by atoms with E-state index in [2.05, 4.69) is 14.8 Å². The van der Waals surface area contributed by atoms with Crippen LogP contribution in [-0.4, -0.2) is 30.3 Å². The molecule has 0 amide bonds. The molecule has 7 nitrogen and oxygen atoms in total. The van der Waals surface area contributed by atoms with Crippen molar-refractivity contribution in [2.24, 2.45) is 0 Å². The smallest absolute Gasteiger partial charge is 0.265 e. The lowest BCUT2D eigenvalue weighted by atomic mass is 10.3. The van der Waals surface area contributed by atoms with E-state index in [0.717, 1.165) is 0 Å². The van der Waals surface area contributed by atoms with E-state index in [1.54, 1.807) is 42.5 Å².